The summed E-state index contributed by atoms with van der Waals surface area (Å²) in [5.41, 5.74) is 1.68. The molecule has 1 heterocycles. The number of H-pyrrole nitrogens is 1. The number of halogens is 2. The van der Waals surface area contributed by atoms with E-state index >= 15 is 0 Å². The number of aromatic amines is 1. The Balaban J connectivity index is 2.73. The van der Waals surface area contributed by atoms with Gasteiger partial charge < -0.3 is 10.1 Å². The Labute approximate surface area is 99.4 Å². The molecule has 16 heavy (non-hydrogen) atoms. The molecule has 0 radical (unpaired) electrons. The minimum Gasteiger partial charge on any atom is -0.481 e. The summed E-state index contributed by atoms with van der Waals surface area (Å²) in [5, 5.41) is 9.41. The van der Waals surface area contributed by atoms with Crippen molar-refractivity contribution in [2.45, 2.75) is 13.3 Å². The molecule has 1 aromatic heterocycles. The van der Waals surface area contributed by atoms with Crippen LogP contribution < -0.4 is 0 Å². The molecule has 0 amide bonds. The summed E-state index contributed by atoms with van der Waals surface area (Å²) in [6.45, 7) is 1.74. The lowest BCUT2D eigenvalue weighted by Gasteiger charge is -1.98. The van der Waals surface area contributed by atoms with Crippen molar-refractivity contribution in [3.8, 4) is 0 Å². The summed E-state index contributed by atoms with van der Waals surface area (Å²) in [5.74, 6) is -1.31. The largest absolute Gasteiger partial charge is 0.481 e. The highest BCUT2D eigenvalue weighted by Crippen LogP contribution is 2.28. The maximum Gasteiger partial charge on any atom is 0.307 e. The molecule has 0 aliphatic heterocycles. The average molecular weight is 286 g/mol. The van der Waals surface area contributed by atoms with Crippen LogP contribution in [0.4, 0.5) is 4.39 Å². The zero-order valence-corrected chi connectivity index (χ0v) is 10.1. The molecule has 2 rings (SSSR count). The van der Waals surface area contributed by atoms with E-state index in [1.54, 1.807) is 13.0 Å². The van der Waals surface area contributed by atoms with Gasteiger partial charge in [0.05, 0.1) is 11.9 Å². The first-order valence-electron chi connectivity index (χ1n) is 4.67. The number of nitrogens with one attached hydrogen (secondary N) is 1. The van der Waals surface area contributed by atoms with Gasteiger partial charge in [-0.2, -0.15) is 0 Å². The van der Waals surface area contributed by atoms with E-state index in [2.05, 4.69) is 20.9 Å². The second-order valence-corrected chi connectivity index (χ2v) is 4.52. The van der Waals surface area contributed by atoms with E-state index in [4.69, 9.17) is 5.11 Å². The normalized spacial score (nSPS) is 10.9. The van der Waals surface area contributed by atoms with Gasteiger partial charge in [0.25, 0.3) is 0 Å². The number of rotatable bonds is 2. The fourth-order valence-corrected chi connectivity index (χ4v) is 2.21. The van der Waals surface area contributed by atoms with Crippen molar-refractivity contribution in [2.75, 3.05) is 0 Å². The molecule has 84 valence electrons. The Morgan fingerprint density at radius 2 is 2.25 bits per heavy atom. The van der Waals surface area contributed by atoms with Crippen molar-refractivity contribution in [3.63, 3.8) is 0 Å². The van der Waals surface area contributed by atoms with E-state index in [9.17, 15) is 9.18 Å². The Hall–Kier alpha value is -1.36. The van der Waals surface area contributed by atoms with Crippen molar-refractivity contribution in [1.82, 2.24) is 4.98 Å². The Bertz CT molecular complexity index is 577. The SMILES string of the molecule is Cc1[nH]c2c(F)cc(Br)cc2c1CC(=O)O. The van der Waals surface area contributed by atoms with Crippen LogP contribution >= 0.6 is 15.9 Å². The highest BCUT2D eigenvalue weighted by atomic mass is 79.9. The number of hydrogen-bond acceptors (Lipinski definition) is 1. The highest BCUT2D eigenvalue weighted by Gasteiger charge is 2.14. The molecule has 0 bridgehead atoms. The third-order valence-electron chi connectivity index (χ3n) is 2.47. The number of hydrogen-bond donors (Lipinski definition) is 2. The maximum atomic E-state index is 13.6. The Morgan fingerprint density at radius 3 is 2.88 bits per heavy atom. The van der Waals surface area contributed by atoms with Crippen molar-refractivity contribution in [1.29, 1.82) is 0 Å². The molecule has 0 unspecified atom stereocenters. The number of carboxylic acids is 1. The molecule has 5 heteroatoms. The maximum absolute atomic E-state index is 13.6. The molecule has 2 N–H and O–H groups in total. The first-order valence-corrected chi connectivity index (χ1v) is 5.46. The molecule has 0 atom stereocenters. The molecular formula is C11H9BrFNO2. The quantitative estimate of drug-likeness (QED) is 0.891. The van der Waals surface area contributed by atoms with E-state index in [1.165, 1.54) is 6.07 Å². The van der Waals surface area contributed by atoms with E-state index in [-0.39, 0.29) is 12.2 Å². The number of carbonyl (C=O) groups is 1. The van der Waals surface area contributed by atoms with Crippen LogP contribution in [0.3, 0.4) is 0 Å². The Kier molecular flexibility index (Phi) is 2.71. The summed E-state index contributed by atoms with van der Waals surface area (Å²) < 4.78 is 14.2. The minimum atomic E-state index is -0.926. The fourth-order valence-electron chi connectivity index (χ4n) is 1.78. The van der Waals surface area contributed by atoms with Crippen LogP contribution in [-0.2, 0) is 11.2 Å². The van der Waals surface area contributed by atoms with Crippen LogP contribution in [0.5, 0.6) is 0 Å². The van der Waals surface area contributed by atoms with Gasteiger partial charge in [-0.05, 0) is 24.6 Å². The summed E-state index contributed by atoms with van der Waals surface area (Å²) in [7, 11) is 0. The van der Waals surface area contributed by atoms with Gasteiger partial charge in [-0.25, -0.2) is 4.39 Å². The standard InChI is InChI=1S/C11H9BrFNO2/c1-5-7(4-10(15)16)8-2-6(12)3-9(13)11(8)14-5/h2-3,14H,4H2,1H3,(H,15,16). The molecule has 0 aliphatic carbocycles. The number of benzene rings is 1. The zero-order chi connectivity index (χ0) is 11.9. The molecule has 0 spiro atoms. The van der Waals surface area contributed by atoms with Crippen LogP contribution in [0.1, 0.15) is 11.3 Å². The molecular weight excluding hydrogens is 277 g/mol. The fraction of sp³-hybridized carbons (Fsp3) is 0.182. The van der Waals surface area contributed by atoms with Crippen LogP contribution in [0.15, 0.2) is 16.6 Å². The van der Waals surface area contributed by atoms with Gasteiger partial charge in [0, 0.05) is 15.6 Å². The molecule has 0 aliphatic rings. The van der Waals surface area contributed by atoms with Gasteiger partial charge in [-0.3, -0.25) is 4.79 Å². The van der Waals surface area contributed by atoms with Gasteiger partial charge in [0.2, 0.25) is 0 Å². The van der Waals surface area contributed by atoms with E-state index in [1.807, 2.05) is 0 Å². The van der Waals surface area contributed by atoms with Gasteiger partial charge in [-0.1, -0.05) is 15.9 Å². The molecule has 0 fully saturated rings. The second kappa shape index (κ2) is 3.90. The van der Waals surface area contributed by atoms with Crippen LogP contribution in [0, 0.1) is 12.7 Å². The summed E-state index contributed by atoms with van der Waals surface area (Å²) in [6.07, 6.45) is -0.109. The van der Waals surface area contributed by atoms with Gasteiger partial charge >= 0.3 is 5.97 Å². The van der Waals surface area contributed by atoms with Crippen molar-refractivity contribution >= 4 is 32.8 Å². The number of aromatic nitrogens is 1. The predicted molar refractivity (Wildman–Crippen MR) is 62.0 cm³/mol. The third-order valence-corrected chi connectivity index (χ3v) is 2.93. The Morgan fingerprint density at radius 1 is 1.56 bits per heavy atom. The van der Waals surface area contributed by atoms with Crippen molar-refractivity contribution < 1.29 is 14.3 Å². The summed E-state index contributed by atoms with van der Waals surface area (Å²) in [6, 6.07) is 3.07. The molecule has 2 aromatic rings. The topological polar surface area (TPSA) is 53.1 Å². The van der Waals surface area contributed by atoms with Gasteiger partial charge in [0.1, 0.15) is 5.82 Å². The lowest BCUT2D eigenvalue weighted by molar-refractivity contribution is -0.136. The van der Waals surface area contributed by atoms with E-state index in [0.717, 1.165) is 0 Å². The van der Waals surface area contributed by atoms with E-state index < -0.39 is 5.97 Å². The average Bonchev–Trinajstić information content (AvgIpc) is 2.45. The highest BCUT2D eigenvalue weighted by molar-refractivity contribution is 9.10. The number of aliphatic carboxylic acids is 1. The first-order chi connectivity index (χ1) is 7.49. The van der Waals surface area contributed by atoms with Crippen LogP contribution in [0.25, 0.3) is 10.9 Å². The smallest absolute Gasteiger partial charge is 0.307 e. The first kappa shape index (κ1) is 11.1. The van der Waals surface area contributed by atoms with Gasteiger partial charge in [-0.15, -0.1) is 0 Å². The molecule has 0 saturated heterocycles. The second-order valence-electron chi connectivity index (χ2n) is 3.61. The number of carboxylic acid groups (broad SMARTS) is 1. The molecule has 0 saturated carbocycles. The van der Waals surface area contributed by atoms with Crippen LogP contribution in [0.2, 0.25) is 0 Å². The number of aryl methyl sites for hydroxylation is 1. The summed E-state index contributed by atoms with van der Waals surface area (Å²) in [4.78, 5) is 13.6. The zero-order valence-electron chi connectivity index (χ0n) is 8.47. The predicted octanol–water partition coefficient (Wildman–Crippen LogP) is 3.01. The van der Waals surface area contributed by atoms with Gasteiger partial charge in [0.15, 0.2) is 0 Å². The lowest BCUT2D eigenvalue weighted by Crippen LogP contribution is -2.00. The van der Waals surface area contributed by atoms with Crippen LogP contribution in [-0.4, -0.2) is 16.1 Å². The summed E-state index contributed by atoms with van der Waals surface area (Å²) >= 11 is 3.19. The minimum absolute atomic E-state index is 0.109. The lowest BCUT2D eigenvalue weighted by atomic mass is 10.1. The third kappa shape index (κ3) is 1.82. The molecule has 1 aromatic carbocycles. The number of fused-ring (bicyclic) bond motifs is 1. The molecule has 3 nitrogen and oxygen atoms in total. The van der Waals surface area contributed by atoms with E-state index in [0.29, 0.717) is 26.6 Å². The van der Waals surface area contributed by atoms with Crippen molar-refractivity contribution in [3.05, 3.63) is 33.7 Å². The monoisotopic (exact) mass is 285 g/mol. The van der Waals surface area contributed by atoms with Crippen molar-refractivity contribution in [2.24, 2.45) is 0 Å².